The van der Waals surface area contributed by atoms with E-state index in [1.807, 2.05) is 12.1 Å². The van der Waals surface area contributed by atoms with E-state index in [1.165, 1.54) is 16.7 Å². The third-order valence-electron chi connectivity index (χ3n) is 3.30. The zero-order chi connectivity index (χ0) is 14.7. The highest BCUT2D eigenvalue weighted by Gasteiger charge is 2.07. The summed E-state index contributed by atoms with van der Waals surface area (Å²) >= 11 is 0. The number of benzene rings is 2. The van der Waals surface area contributed by atoms with Crippen LogP contribution in [-0.2, 0) is 0 Å². The number of rotatable bonds is 4. The van der Waals surface area contributed by atoms with E-state index in [2.05, 4.69) is 44.3 Å². The van der Waals surface area contributed by atoms with E-state index < -0.39 is 5.91 Å². The second-order valence-electron chi connectivity index (χ2n) is 5.23. The molecule has 1 unspecified atom stereocenters. The maximum Gasteiger partial charge on any atom is 0.248 e. The highest BCUT2D eigenvalue weighted by atomic mass is 16.1. The van der Waals surface area contributed by atoms with Gasteiger partial charge in [0.2, 0.25) is 5.91 Å². The van der Waals surface area contributed by atoms with Crippen molar-refractivity contribution in [1.29, 1.82) is 0 Å². The Morgan fingerprint density at radius 2 is 1.60 bits per heavy atom. The maximum atomic E-state index is 11.0. The van der Waals surface area contributed by atoms with Crippen LogP contribution in [0.25, 0.3) is 0 Å². The summed E-state index contributed by atoms with van der Waals surface area (Å²) in [5, 5.41) is 3.43. The lowest BCUT2D eigenvalue weighted by molar-refractivity contribution is 0.100. The summed E-state index contributed by atoms with van der Waals surface area (Å²) in [4.78, 5) is 11.0. The van der Waals surface area contributed by atoms with E-state index in [-0.39, 0.29) is 6.04 Å². The molecule has 0 aliphatic heterocycles. The Morgan fingerprint density at radius 3 is 2.10 bits per heavy atom. The van der Waals surface area contributed by atoms with E-state index >= 15 is 0 Å². The van der Waals surface area contributed by atoms with Crippen LogP contribution < -0.4 is 11.1 Å². The smallest absolute Gasteiger partial charge is 0.248 e. The van der Waals surface area contributed by atoms with Crippen molar-refractivity contribution in [3.05, 3.63) is 64.7 Å². The minimum Gasteiger partial charge on any atom is -0.379 e. The van der Waals surface area contributed by atoms with E-state index in [1.54, 1.807) is 12.1 Å². The number of hydrogen-bond acceptors (Lipinski definition) is 2. The third kappa shape index (κ3) is 3.38. The van der Waals surface area contributed by atoms with Crippen molar-refractivity contribution >= 4 is 11.6 Å². The molecule has 0 fully saturated rings. The van der Waals surface area contributed by atoms with Crippen LogP contribution in [0, 0.1) is 13.8 Å². The number of carbonyl (C=O) groups excluding carboxylic acids is 1. The molecule has 2 rings (SSSR count). The first-order chi connectivity index (χ1) is 9.45. The molecular weight excluding hydrogens is 248 g/mol. The number of anilines is 1. The molecule has 0 aliphatic carbocycles. The molecule has 1 amide bonds. The van der Waals surface area contributed by atoms with Gasteiger partial charge in [0, 0.05) is 17.3 Å². The van der Waals surface area contributed by atoms with Gasteiger partial charge in [-0.3, -0.25) is 4.79 Å². The molecule has 0 bridgehead atoms. The van der Waals surface area contributed by atoms with Gasteiger partial charge in [0.15, 0.2) is 0 Å². The van der Waals surface area contributed by atoms with Crippen LogP contribution in [0.3, 0.4) is 0 Å². The molecule has 1 atom stereocenters. The molecule has 0 saturated heterocycles. The molecule has 0 saturated carbocycles. The Hall–Kier alpha value is -2.29. The number of amides is 1. The van der Waals surface area contributed by atoms with Gasteiger partial charge < -0.3 is 11.1 Å². The van der Waals surface area contributed by atoms with Crippen molar-refractivity contribution in [2.24, 2.45) is 5.73 Å². The monoisotopic (exact) mass is 268 g/mol. The molecule has 0 heterocycles. The fourth-order valence-electron chi connectivity index (χ4n) is 2.32. The zero-order valence-electron chi connectivity index (χ0n) is 12.1. The van der Waals surface area contributed by atoms with Gasteiger partial charge in [0.1, 0.15) is 0 Å². The number of nitrogens with two attached hydrogens (primary N) is 1. The van der Waals surface area contributed by atoms with E-state index in [0.29, 0.717) is 5.56 Å². The van der Waals surface area contributed by atoms with Crippen LogP contribution in [0.5, 0.6) is 0 Å². The fourth-order valence-corrected chi connectivity index (χ4v) is 2.32. The number of hydrogen-bond donors (Lipinski definition) is 2. The maximum absolute atomic E-state index is 11.0. The average Bonchev–Trinajstić information content (AvgIpc) is 2.38. The van der Waals surface area contributed by atoms with Gasteiger partial charge in [-0.25, -0.2) is 0 Å². The van der Waals surface area contributed by atoms with Crippen molar-refractivity contribution in [3.8, 4) is 0 Å². The lowest BCUT2D eigenvalue weighted by Gasteiger charge is -2.17. The first-order valence-corrected chi connectivity index (χ1v) is 6.70. The molecule has 0 aromatic heterocycles. The van der Waals surface area contributed by atoms with Crippen molar-refractivity contribution in [3.63, 3.8) is 0 Å². The Labute approximate surface area is 119 Å². The second kappa shape index (κ2) is 5.78. The Kier molecular flexibility index (Phi) is 4.08. The molecule has 2 aromatic carbocycles. The van der Waals surface area contributed by atoms with Gasteiger partial charge in [-0.2, -0.15) is 0 Å². The summed E-state index contributed by atoms with van der Waals surface area (Å²) in [6.07, 6.45) is 0. The normalized spacial score (nSPS) is 11.9. The minimum absolute atomic E-state index is 0.202. The summed E-state index contributed by atoms with van der Waals surface area (Å²) in [6, 6.07) is 14.0. The van der Waals surface area contributed by atoms with Crippen molar-refractivity contribution < 1.29 is 4.79 Å². The summed E-state index contributed by atoms with van der Waals surface area (Å²) in [5.74, 6) is -0.404. The van der Waals surface area contributed by atoms with Crippen molar-refractivity contribution in [2.75, 3.05) is 5.32 Å². The Balaban J connectivity index is 2.14. The standard InChI is InChI=1S/C17H20N2O/c1-11-8-12(2)10-15(9-11)13(3)19-16-6-4-14(5-7-16)17(18)20/h4-10,13,19H,1-3H3,(H2,18,20). The molecule has 0 spiro atoms. The predicted octanol–water partition coefficient (Wildman–Crippen LogP) is 3.58. The van der Waals surface area contributed by atoms with Crippen LogP contribution in [0.1, 0.15) is 40.0 Å². The predicted molar refractivity (Wildman–Crippen MR) is 82.9 cm³/mol. The minimum atomic E-state index is -0.404. The van der Waals surface area contributed by atoms with Gasteiger partial charge in [-0.15, -0.1) is 0 Å². The van der Waals surface area contributed by atoms with Crippen LogP contribution in [0.4, 0.5) is 5.69 Å². The highest BCUT2D eigenvalue weighted by Crippen LogP contribution is 2.21. The number of aryl methyl sites for hydroxylation is 2. The van der Waals surface area contributed by atoms with Gasteiger partial charge in [-0.05, 0) is 50.6 Å². The highest BCUT2D eigenvalue weighted by molar-refractivity contribution is 5.93. The van der Waals surface area contributed by atoms with Crippen LogP contribution in [0.2, 0.25) is 0 Å². The number of primary amides is 1. The van der Waals surface area contributed by atoms with Gasteiger partial charge in [0.05, 0.1) is 0 Å². The summed E-state index contributed by atoms with van der Waals surface area (Å²) in [5.41, 5.74) is 10.5. The van der Waals surface area contributed by atoms with Crippen LogP contribution in [0.15, 0.2) is 42.5 Å². The summed E-state index contributed by atoms with van der Waals surface area (Å²) in [6.45, 7) is 6.33. The molecule has 0 radical (unpaired) electrons. The van der Waals surface area contributed by atoms with E-state index in [9.17, 15) is 4.79 Å². The SMILES string of the molecule is Cc1cc(C)cc(C(C)Nc2ccc(C(N)=O)cc2)c1. The topological polar surface area (TPSA) is 55.1 Å². The molecule has 2 aromatic rings. The molecule has 3 nitrogen and oxygen atoms in total. The number of nitrogens with one attached hydrogen (secondary N) is 1. The van der Waals surface area contributed by atoms with E-state index in [4.69, 9.17) is 5.73 Å². The fraction of sp³-hybridized carbons (Fsp3) is 0.235. The summed E-state index contributed by atoms with van der Waals surface area (Å²) < 4.78 is 0. The molecular formula is C17H20N2O. The molecule has 0 aliphatic rings. The number of carbonyl (C=O) groups is 1. The van der Waals surface area contributed by atoms with Gasteiger partial charge in [-0.1, -0.05) is 29.3 Å². The third-order valence-corrected chi connectivity index (χ3v) is 3.30. The Bertz CT molecular complexity index is 597. The van der Waals surface area contributed by atoms with Crippen molar-refractivity contribution in [2.45, 2.75) is 26.8 Å². The van der Waals surface area contributed by atoms with Crippen molar-refractivity contribution in [1.82, 2.24) is 0 Å². The quantitative estimate of drug-likeness (QED) is 0.890. The van der Waals surface area contributed by atoms with Gasteiger partial charge >= 0.3 is 0 Å². The first kappa shape index (κ1) is 14.1. The summed E-state index contributed by atoms with van der Waals surface area (Å²) in [7, 11) is 0. The lowest BCUT2D eigenvalue weighted by atomic mass is 10.0. The molecule has 104 valence electrons. The molecule has 3 N–H and O–H groups in total. The van der Waals surface area contributed by atoms with E-state index in [0.717, 1.165) is 5.69 Å². The molecule has 20 heavy (non-hydrogen) atoms. The first-order valence-electron chi connectivity index (χ1n) is 6.70. The lowest BCUT2D eigenvalue weighted by Crippen LogP contribution is -2.11. The van der Waals surface area contributed by atoms with Crippen LogP contribution >= 0.6 is 0 Å². The molecule has 3 heteroatoms. The van der Waals surface area contributed by atoms with Gasteiger partial charge in [0.25, 0.3) is 0 Å². The average molecular weight is 268 g/mol. The largest absolute Gasteiger partial charge is 0.379 e. The Morgan fingerprint density at radius 1 is 1.05 bits per heavy atom. The van der Waals surface area contributed by atoms with Crippen LogP contribution in [-0.4, -0.2) is 5.91 Å². The second-order valence-corrected chi connectivity index (χ2v) is 5.23. The zero-order valence-corrected chi connectivity index (χ0v) is 12.1.